The number of carboxylic acid groups (broad SMARTS) is 1. The van der Waals surface area contributed by atoms with Crippen LogP contribution in [0.1, 0.15) is 25.3 Å². The third kappa shape index (κ3) is 3.11. The highest BCUT2D eigenvalue weighted by Crippen LogP contribution is 2.39. The van der Waals surface area contributed by atoms with Gasteiger partial charge in [-0.25, -0.2) is 14.0 Å². The van der Waals surface area contributed by atoms with Crippen LogP contribution in [0.5, 0.6) is 0 Å². The summed E-state index contributed by atoms with van der Waals surface area (Å²) < 4.78 is 13.2. The molecular formula is C14H14FN3O3. The normalized spacial score (nSPS) is 16.4. The zero-order valence-corrected chi connectivity index (χ0v) is 11.3. The van der Waals surface area contributed by atoms with Crippen LogP contribution in [0.2, 0.25) is 0 Å². The molecule has 110 valence electrons. The molecule has 0 radical (unpaired) electrons. The lowest BCUT2D eigenvalue weighted by atomic mass is 9.96. The van der Waals surface area contributed by atoms with Gasteiger partial charge in [-0.15, -0.1) is 0 Å². The summed E-state index contributed by atoms with van der Waals surface area (Å²) in [5.41, 5.74) is -1.31. The fourth-order valence-electron chi connectivity index (χ4n) is 2.08. The highest BCUT2D eigenvalue weighted by molar-refractivity contribution is 5.94. The van der Waals surface area contributed by atoms with E-state index < -0.39 is 23.4 Å². The molecule has 0 saturated heterocycles. The highest BCUT2D eigenvalue weighted by atomic mass is 19.1. The number of nitriles is 1. The Balaban J connectivity index is 2.08. The Morgan fingerprint density at radius 2 is 2.14 bits per heavy atom. The van der Waals surface area contributed by atoms with Gasteiger partial charge in [0.05, 0.1) is 5.56 Å². The van der Waals surface area contributed by atoms with Gasteiger partial charge in [-0.1, -0.05) is 0 Å². The summed E-state index contributed by atoms with van der Waals surface area (Å²) in [4.78, 5) is 23.2. The van der Waals surface area contributed by atoms with Gasteiger partial charge >= 0.3 is 12.0 Å². The van der Waals surface area contributed by atoms with E-state index in [-0.39, 0.29) is 17.2 Å². The van der Waals surface area contributed by atoms with E-state index in [0.717, 1.165) is 18.9 Å². The van der Waals surface area contributed by atoms with Crippen LogP contribution in [0.25, 0.3) is 0 Å². The van der Waals surface area contributed by atoms with E-state index in [1.165, 1.54) is 19.1 Å². The molecule has 1 aromatic rings. The Kier molecular flexibility index (Phi) is 3.80. The number of nitrogens with one attached hydrogen (secondary N) is 2. The predicted octanol–water partition coefficient (Wildman–Crippen LogP) is 2.07. The summed E-state index contributed by atoms with van der Waals surface area (Å²) in [5, 5.41) is 22.8. The average molecular weight is 291 g/mol. The molecule has 3 N–H and O–H groups in total. The van der Waals surface area contributed by atoms with E-state index in [4.69, 9.17) is 5.26 Å². The molecule has 0 aromatic heterocycles. The number of halogens is 1. The fraction of sp³-hybridized carbons (Fsp3) is 0.357. The molecule has 1 atom stereocenters. The predicted molar refractivity (Wildman–Crippen MR) is 72.0 cm³/mol. The number of hydrogen-bond donors (Lipinski definition) is 3. The number of rotatable bonds is 4. The number of urea groups is 1. The van der Waals surface area contributed by atoms with Gasteiger partial charge in [-0.2, -0.15) is 5.26 Å². The number of nitrogens with zero attached hydrogens (tertiary/aromatic N) is 1. The largest absolute Gasteiger partial charge is 0.480 e. The third-order valence-corrected chi connectivity index (χ3v) is 3.56. The van der Waals surface area contributed by atoms with Crippen LogP contribution in [0.15, 0.2) is 18.2 Å². The molecule has 21 heavy (non-hydrogen) atoms. The molecule has 2 rings (SSSR count). The second-order valence-electron chi connectivity index (χ2n) is 5.17. The van der Waals surface area contributed by atoms with Crippen LogP contribution in [0.4, 0.5) is 14.9 Å². The van der Waals surface area contributed by atoms with E-state index in [1.807, 2.05) is 0 Å². The molecule has 1 aliphatic rings. The summed E-state index contributed by atoms with van der Waals surface area (Å²) in [5.74, 6) is -1.88. The van der Waals surface area contributed by atoms with Crippen molar-refractivity contribution in [3.63, 3.8) is 0 Å². The van der Waals surface area contributed by atoms with E-state index in [9.17, 15) is 19.1 Å². The van der Waals surface area contributed by atoms with E-state index in [2.05, 4.69) is 10.6 Å². The lowest BCUT2D eigenvalue weighted by molar-refractivity contribution is -0.144. The first-order valence-corrected chi connectivity index (χ1v) is 6.39. The quantitative estimate of drug-likeness (QED) is 0.790. The SMILES string of the molecule is CC(NC(=O)Nc1ccc(F)c(C#N)c1)(C(=O)O)C1CC1. The molecule has 1 saturated carbocycles. The molecule has 7 heteroatoms. The topological polar surface area (TPSA) is 102 Å². The van der Waals surface area contributed by atoms with Crippen molar-refractivity contribution < 1.29 is 19.1 Å². The van der Waals surface area contributed by atoms with Gasteiger partial charge in [0.15, 0.2) is 0 Å². The fourth-order valence-corrected chi connectivity index (χ4v) is 2.08. The zero-order valence-electron chi connectivity index (χ0n) is 11.3. The lowest BCUT2D eigenvalue weighted by Gasteiger charge is -2.26. The molecule has 1 fully saturated rings. The van der Waals surface area contributed by atoms with Crippen LogP contribution >= 0.6 is 0 Å². The maximum absolute atomic E-state index is 13.2. The average Bonchev–Trinajstić information content (AvgIpc) is 3.25. The van der Waals surface area contributed by atoms with Crippen LogP contribution < -0.4 is 10.6 Å². The van der Waals surface area contributed by atoms with Crippen molar-refractivity contribution in [1.82, 2.24) is 5.32 Å². The zero-order chi connectivity index (χ0) is 15.6. The Bertz CT molecular complexity index is 637. The van der Waals surface area contributed by atoms with Gasteiger partial charge in [0, 0.05) is 5.69 Å². The molecule has 0 spiro atoms. The van der Waals surface area contributed by atoms with Gasteiger partial charge in [0.25, 0.3) is 0 Å². The number of carboxylic acids is 1. The number of hydrogen-bond acceptors (Lipinski definition) is 3. The van der Waals surface area contributed by atoms with Gasteiger partial charge in [-0.05, 0) is 43.9 Å². The Morgan fingerprint density at radius 3 is 2.67 bits per heavy atom. The lowest BCUT2D eigenvalue weighted by Crippen LogP contribution is -2.55. The second-order valence-corrected chi connectivity index (χ2v) is 5.17. The first kappa shape index (κ1) is 14.8. The number of amides is 2. The molecule has 1 unspecified atom stereocenters. The van der Waals surface area contributed by atoms with Crippen LogP contribution in [-0.2, 0) is 4.79 Å². The molecule has 1 aliphatic carbocycles. The Hall–Kier alpha value is -2.62. The molecule has 0 bridgehead atoms. The molecule has 0 aliphatic heterocycles. The first-order valence-electron chi connectivity index (χ1n) is 6.39. The van der Waals surface area contributed by atoms with Crippen molar-refractivity contribution >= 4 is 17.7 Å². The maximum atomic E-state index is 13.2. The van der Waals surface area contributed by atoms with Crippen molar-refractivity contribution in [2.45, 2.75) is 25.3 Å². The number of carbonyl (C=O) groups is 2. The van der Waals surface area contributed by atoms with Gasteiger partial charge in [0.2, 0.25) is 0 Å². The summed E-state index contributed by atoms with van der Waals surface area (Å²) in [6.45, 7) is 1.46. The third-order valence-electron chi connectivity index (χ3n) is 3.56. The smallest absolute Gasteiger partial charge is 0.329 e. The standard InChI is InChI=1S/C14H14FN3O3/c1-14(12(19)20,9-2-3-9)18-13(21)17-10-4-5-11(15)8(6-10)7-16/h4-6,9H,2-3H2,1H3,(H,19,20)(H2,17,18,21). The monoisotopic (exact) mass is 291 g/mol. The number of anilines is 1. The van der Waals surface area contributed by atoms with Crippen molar-refractivity contribution in [2.24, 2.45) is 5.92 Å². The summed E-state index contributed by atoms with van der Waals surface area (Å²) in [6, 6.07) is 4.50. The number of aliphatic carboxylic acids is 1. The summed E-state index contributed by atoms with van der Waals surface area (Å²) in [6.07, 6.45) is 1.50. The van der Waals surface area contributed by atoms with Crippen LogP contribution in [0.3, 0.4) is 0 Å². The molecule has 2 amide bonds. The minimum absolute atomic E-state index is 0.0939. The second kappa shape index (κ2) is 5.40. The van der Waals surface area contributed by atoms with E-state index >= 15 is 0 Å². The van der Waals surface area contributed by atoms with Crippen molar-refractivity contribution in [3.8, 4) is 6.07 Å². The summed E-state index contributed by atoms with van der Waals surface area (Å²) in [7, 11) is 0. The maximum Gasteiger partial charge on any atom is 0.329 e. The highest BCUT2D eigenvalue weighted by Gasteiger charge is 2.48. The van der Waals surface area contributed by atoms with Crippen LogP contribution in [0, 0.1) is 23.1 Å². The van der Waals surface area contributed by atoms with Crippen molar-refractivity contribution in [3.05, 3.63) is 29.6 Å². The Labute approximate surface area is 120 Å². The molecular weight excluding hydrogens is 277 g/mol. The molecule has 1 aromatic carbocycles. The molecule has 6 nitrogen and oxygen atoms in total. The summed E-state index contributed by atoms with van der Waals surface area (Å²) >= 11 is 0. The van der Waals surface area contributed by atoms with Crippen molar-refractivity contribution in [1.29, 1.82) is 5.26 Å². The number of benzene rings is 1. The minimum atomic E-state index is -1.33. The van der Waals surface area contributed by atoms with Gasteiger partial charge in [-0.3, -0.25) is 0 Å². The van der Waals surface area contributed by atoms with Crippen LogP contribution in [-0.4, -0.2) is 22.6 Å². The van der Waals surface area contributed by atoms with Gasteiger partial charge < -0.3 is 15.7 Å². The molecule has 0 heterocycles. The van der Waals surface area contributed by atoms with Gasteiger partial charge in [0.1, 0.15) is 17.4 Å². The first-order chi connectivity index (χ1) is 9.86. The number of carbonyl (C=O) groups excluding carboxylic acids is 1. The van der Waals surface area contributed by atoms with Crippen molar-refractivity contribution in [2.75, 3.05) is 5.32 Å². The van der Waals surface area contributed by atoms with E-state index in [1.54, 1.807) is 6.07 Å². The Morgan fingerprint density at radius 1 is 1.48 bits per heavy atom. The van der Waals surface area contributed by atoms with E-state index in [0.29, 0.717) is 0 Å². The minimum Gasteiger partial charge on any atom is -0.480 e.